The zero-order valence-corrected chi connectivity index (χ0v) is 17.8. The SMILES string of the molecule is S=C1N=NC(c2ccccc2)N1N=Cc1ccccc1OCc1ccc(Br)cc1. The van der Waals surface area contributed by atoms with Gasteiger partial charge in [-0.3, -0.25) is 0 Å². The highest BCUT2D eigenvalue weighted by molar-refractivity contribution is 9.10. The summed E-state index contributed by atoms with van der Waals surface area (Å²) in [6.07, 6.45) is 1.38. The fraction of sp³-hybridized carbons (Fsp3) is 0.0909. The molecule has 1 aliphatic rings. The minimum Gasteiger partial charge on any atom is -0.488 e. The molecule has 29 heavy (non-hydrogen) atoms. The molecule has 0 aliphatic carbocycles. The second-order valence-electron chi connectivity index (χ2n) is 6.32. The van der Waals surface area contributed by atoms with Crippen LogP contribution < -0.4 is 4.74 Å². The molecule has 0 fully saturated rings. The lowest BCUT2D eigenvalue weighted by Crippen LogP contribution is -2.21. The first-order valence-corrected chi connectivity index (χ1v) is 10.2. The van der Waals surface area contributed by atoms with Gasteiger partial charge in [0.05, 0.1) is 6.21 Å². The molecule has 144 valence electrons. The number of para-hydroxylation sites is 1. The lowest BCUT2D eigenvalue weighted by atomic mass is 10.2. The van der Waals surface area contributed by atoms with Crippen molar-refractivity contribution < 1.29 is 4.74 Å². The zero-order valence-electron chi connectivity index (χ0n) is 15.4. The number of hydrogen-bond acceptors (Lipinski definition) is 4. The number of hydrogen-bond donors (Lipinski definition) is 0. The molecule has 5 nitrogen and oxygen atoms in total. The van der Waals surface area contributed by atoms with Crippen LogP contribution in [0.4, 0.5) is 0 Å². The third-order valence-electron chi connectivity index (χ3n) is 4.33. The molecule has 4 rings (SSSR count). The molecule has 0 aromatic heterocycles. The molecule has 7 heteroatoms. The van der Waals surface area contributed by atoms with Crippen LogP contribution in [-0.4, -0.2) is 16.3 Å². The van der Waals surface area contributed by atoms with Gasteiger partial charge in [0.15, 0.2) is 6.17 Å². The van der Waals surface area contributed by atoms with Gasteiger partial charge in [0.1, 0.15) is 12.4 Å². The quantitative estimate of drug-likeness (QED) is 0.326. The van der Waals surface area contributed by atoms with Gasteiger partial charge in [-0.05, 0) is 42.0 Å². The van der Waals surface area contributed by atoms with Crippen LogP contribution >= 0.6 is 28.1 Å². The third-order valence-corrected chi connectivity index (χ3v) is 5.12. The van der Waals surface area contributed by atoms with Crippen molar-refractivity contribution in [1.82, 2.24) is 5.01 Å². The van der Waals surface area contributed by atoms with E-state index in [1.165, 1.54) is 0 Å². The van der Waals surface area contributed by atoms with Crippen LogP contribution in [0.2, 0.25) is 0 Å². The maximum atomic E-state index is 6.01. The number of nitrogens with zero attached hydrogens (tertiary/aromatic N) is 4. The van der Waals surface area contributed by atoms with Gasteiger partial charge in [-0.2, -0.15) is 10.2 Å². The molecular formula is C22H17BrN4OS. The van der Waals surface area contributed by atoms with Crippen LogP contribution in [0, 0.1) is 0 Å². The smallest absolute Gasteiger partial charge is 0.238 e. The van der Waals surface area contributed by atoms with E-state index in [1.807, 2.05) is 78.9 Å². The summed E-state index contributed by atoms with van der Waals surface area (Å²) in [4.78, 5) is 0. The maximum Gasteiger partial charge on any atom is 0.238 e. The summed E-state index contributed by atoms with van der Waals surface area (Å²) >= 11 is 8.75. The summed E-state index contributed by atoms with van der Waals surface area (Å²) in [5, 5.41) is 14.8. The van der Waals surface area contributed by atoms with Gasteiger partial charge >= 0.3 is 0 Å². The largest absolute Gasteiger partial charge is 0.488 e. The first-order chi connectivity index (χ1) is 14.2. The molecule has 1 atom stereocenters. The average molecular weight is 465 g/mol. The predicted molar refractivity (Wildman–Crippen MR) is 121 cm³/mol. The molecular weight excluding hydrogens is 448 g/mol. The van der Waals surface area contributed by atoms with Crippen molar-refractivity contribution in [2.45, 2.75) is 12.8 Å². The minimum absolute atomic E-state index is 0.336. The topological polar surface area (TPSA) is 49.5 Å². The monoisotopic (exact) mass is 464 g/mol. The van der Waals surface area contributed by atoms with E-state index in [0.717, 1.165) is 26.9 Å². The Kier molecular flexibility index (Phi) is 6.07. The Hall–Kier alpha value is -2.90. The van der Waals surface area contributed by atoms with Crippen LogP contribution in [0.25, 0.3) is 0 Å². The van der Waals surface area contributed by atoms with E-state index in [2.05, 4.69) is 31.3 Å². The molecule has 0 saturated heterocycles. The lowest BCUT2D eigenvalue weighted by Gasteiger charge is -2.17. The highest BCUT2D eigenvalue weighted by atomic mass is 79.9. The number of thiocarbonyl (C=S) groups is 1. The normalized spacial score (nSPS) is 16.0. The summed E-state index contributed by atoms with van der Waals surface area (Å²) in [5.74, 6) is 0.745. The summed E-state index contributed by atoms with van der Waals surface area (Å²) in [5.41, 5.74) is 2.92. The Morgan fingerprint density at radius 2 is 1.72 bits per heavy atom. The average Bonchev–Trinajstić information content (AvgIpc) is 3.13. The third kappa shape index (κ3) is 4.75. The molecule has 0 saturated carbocycles. The molecule has 0 amide bonds. The van der Waals surface area contributed by atoms with Crippen LogP contribution in [0.1, 0.15) is 22.9 Å². The van der Waals surface area contributed by atoms with E-state index >= 15 is 0 Å². The Morgan fingerprint density at radius 1 is 1.00 bits per heavy atom. The van der Waals surface area contributed by atoms with Crippen molar-refractivity contribution in [3.05, 3.63) is 100 Å². The van der Waals surface area contributed by atoms with Gasteiger partial charge in [0.2, 0.25) is 5.11 Å². The first-order valence-electron chi connectivity index (χ1n) is 9.00. The summed E-state index contributed by atoms with van der Waals surface area (Å²) in [7, 11) is 0. The van der Waals surface area contributed by atoms with E-state index in [9.17, 15) is 0 Å². The van der Waals surface area contributed by atoms with Crippen LogP contribution in [-0.2, 0) is 6.61 Å². The van der Waals surface area contributed by atoms with Crippen molar-refractivity contribution >= 4 is 39.5 Å². The van der Waals surface area contributed by atoms with Gasteiger partial charge in [0.25, 0.3) is 0 Å². The molecule has 1 aliphatic heterocycles. The molecule has 0 radical (unpaired) electrons. The van der Waals surface area contributed by atoms with Crippen molar-refractivity contribution in [3.63, 3.8) is 0 Å². The van der Waals surface area contributed by atoms with Crippen molar-refractivity contribution in [2.24, 2.45) is 15.3 Å². The molecule has 3 aromatic rings. The maximum absolute atomic E-state index is 6.01. The van der Waals surface area contributed by atoms with Gasteiger partial charge in [-0.1, -0.05) is 70.5 Å². The Balaban J connectivity index is 1.51. The molecule has 3 aromatic carbocycles. The highest BCUT2D eigenvalue weighted by Gasteiger charge is 2.27. The summed E-state index contributed by atoms with van der Waals surface area (Å²) < 4.78 is 7.05. The van der Waals surface area contributed by atoms with Crippen LogP contribution in [0.15, 0.2) is 98.7 Å². The number of hydrazone groups is 1. The molecule has 1 heterocycles. The van der Waals surface area contributed by atoms with Gasteiger partial charge in [-0.15, -0.1) is 5.11 Å². The van der Waals surface area contributed by atoms with Gasteiger partial charge in [0, 0.05) is 15.6 Å². The number of ether oxygens (including phenoxy) is 1. The van der Waals surface area contributed by atoms with Crippen LogP contribution in [0.3, 0.4) is 0 Å². The Labute approximate surface area is 182 Å². The molecule has 0 N–H and O–H groups in total. The van der Waals surface area contributed by atoms with E-state index < -0.39 is 0 Å². The summed E-state index contributed by atoms with van der Waals surface area (Å²) in [6.45, 7) is 0.470. The first kappa shape index (κ1) is 19.4. The van der Waals surface area contributed by atoms with Crippen molar-refractivity contribution in [3.8, 4) is 5.75 Å². The fourth-order valence-corrected chi connectivity index (χ4v) is 3.29. The highest BCUT2D eigenvalue weighted by Crippen LogP contribution is 2.29. The van der Waals surface area contributed by atoms with Crippen LogP contribution in [0.5, 0.6) is 5.75 Å². The summed E-state index contributed by atoms with van der Waals surface area (Å²) in [6, 6.07) is 25.6. The predicted octanol–water partition coefficient (Wildman–Crippen LogP) is 6.11. The van der Waals surface area contributed by atoms with Crippen molar-refractivity contribution in [1.29, 1.82) is 0 Å². The van der Waals surface area contributed by atoms with E-state index in [4.69, 9.17) is 17.0 Å². The van der Waals surface area contributed by atoms with E-state index in [0.29, 0.717) is 11.7 Å². The molecule has 1 unspecified atom stereocenters. The minimum atomic E-state index is -0.351. The Bertz CT molecular complexity index is 1050. The number of azo groups is 1. The number of rotatable bonds is 6. The fourth-order valence-electron chi connectivity index (χ4n) is 2.83. The Morgan fingerprint density at radius 3 is 2.52 bits per heavy atom. The number of halogens is 1. The van der Waals surface area contributed by atoms with Crippen molar-refractivity contribution in [2.75, 3.05) is 0 Å². The van der Waals surface area contributed by atoms with Gasteiger partial charge in [-0.25, -0.2) is 5.01 Å². The lowest BCUT2D eigenvalue weighted by molar-refractivity contribution is 0.305. The van der Waals surface area contributed by atoms with E-state index in [1.54, 1.807) is 11.2 Å². The van der Waals surface area contributed by atoms with Gasteiger partial charge < -0.3 is 4.74 Å². The molecule has 0 spiro atoms. The molecule has 0 bridgehead atoms. The second-order valence-corrected chi connectivity index (χ2v) is 7.61. The van der Waals surface area contributed by atoms with E-state index in [-0.39, 0.29) is 6.17 Å². The second kappa shape index (κ2) is 9.07. The zero-order chi connectivity index (χ0) is 20.1. The number of benzene rings is 3. The standard InChI is InChI=1S/C22H17BrN4OS/c23-19-12-10-16(11-13-19)15-28-20-9-5-4-8-18(20)14-24-27-21(25-26-22(27)29)17-6-2-1-3-7-17/h1-14,21H,15H2.